The largest absolute Gasteiger partial charge is 0.337 e. The number of thioether (sulfide) groups is 1. The van der Waals surface area contributed by atoms with Crippen LogP contribution in [-0.4, -0.2) is 20.6 Å². The van der Waals surface area contributed by atoms with Crippen LogP contribution in [0.15, 0.2) is 6.20 Å². The molecular weight excluding hydrogens is 200 g/mol. The van der Waals surface area contributed by atoms with Gasteiger partial charge in [-0.3, -0.25) is 0 Å². The van der Waals surface area contributed by atoms with E-state index < -0.39 is 0 Å². The fourth-order valence-corrected chi connectivity index (χ4v) is 3.23. The van der Waals surface area contributed by atoms with Gasteiger partial charge in [-0.05, 0) is 37.7 Å². The molecule has 0 saturated carbocycles. The Hall–Kier alpha value is -0.220. The third-order valence-electron chi connectivity index (χ3n) is 2.49. The van der Waals surface area contributed by atoms with Gasteiger partial charge in [0.1, 0.15) is 0 Å². The van der Waals surface area contributed by atoms with E-state index in [1.165, 1.54) is 24.3 Å². The third kappa shape index (κ3) is 1.99. The lowest BCUT2D eigenvalue weighted by Crippen LogP contribution is -2.11. The Morgan fingerprint density at radius 2 is 2.62 bits per heavy atom. The monoisotopic (exact) mass is 214 g/mol. The number of hydrogen-bond acceptors (Lipinski definition) is 2. The second-order valence-corrected chi connectivity index (χ2v) is 5.28. The fraction of sp³-hybridized carbons (Fsp3) is 0.667. The highest BCUT2D eigenvalue weighted by Gasteiger charge is 2.16. The van der Waals surface area contributed by atoms with Gasteiger partial charge in [0.25, 0.3) is 0 Å². The summed E-state index contributed by atoms with van der Waals surface area (Å²) in [7, 11) is 0. The molecule has 0 aromatic carbocycles. The first-order chi connectivity index (χ1) is 6.27. The molecule has 2 nitrogen and oxygen atoms in total. The molecule has 1 unspecified atom stereocenters. The van der Waals surface area contributed by atoms with E-state index in [0.717, 1.165) is 16.6 Å². The van der Waals surface area contributed by atoms with Crippen molar-refractivity contribution in [3.63, 3.8) is 0 Å². The van der Waals surface area contributed by atoms with Crippen LogP contribution in [0.4, 0.5) is 0 Å². The van der Waals surface area contributed by atoms with Gasteiger partial charge in [0.15, 0.2) is 4.77 Å². The van der Waals surface area contributed by atoms with E-state index in [-0.39, 0.29) is 0 Å². The number of aromatic amines is 1. The second kappa shape index (κ2) is 3.88. The van der Waals surface area contributed by atoms with Gasteiger partial charge in [0, 0.05) is 23.7 Å². The fourth-order valence-electron chi connectivity index (χ4n) is 1.70. The normalized spacial score (nSPS) is 22.4. The van der Waals surface area contributed by atoms with E-state index in [0.29, 0.717) is 0 Å². The molecule has 2 heterocycles. The zero-order chi connectivity index (χ0) is 9.26. The van der Waals surface area contributed by atoms with Crippen molar-refractivity contribution in [1.82, 2.24) is 9.55 Å². The smallest absolute Gasteiger partial charge is 0.177 e. The van der Waals surface area contributed by atoms with Crippen LogP contribution in [0.5, 0.6) is 0 Å². The Morgan fingerprint density at radius 3 is 3.15 bits per heavy atom. The van der Waals surface area contributed by atoms with Crippen molar-refractivity contribution in [2.45, 2.75) is 31.6 Å². The maximum atomic E-state index is 5.21. The highest BCUT2D eigenvalue weighted by Crippen LogP contribution is 2.27. The van der Waals surface area contributed by atoms with Crippen molar-refractivity contribution in [1.29, 1.82) is 0 Å². The summed E-state index contributed by atoms with van der Waals surface area (Å²) in [6.07, 6.45) is 4.70. The molecule has 0 spiro atoms. The van der Waals surface area contributed by atoms with Crippen LogP contribution in [0.3, 0.4) is 0 Å². The van der Waals surface area contributed by atoms with Crippen molar-refractivity contribution >= 4 is 24.0 Å². The summed E-state index contributed by atoms with van der Waals surface area (Å²) in [5.74, 6) is 1.32. The predicted molar refractivity (Wildman–Crippen MR) is 59.8 cm³/mol. The van der Waals surface area contributed by atoms with Crippen molar-refractivity contribution in [3.8, 4) is 0 Å². The molecule has 1 aromatic rings. The standard InChI is InChI=1S/C9H14N2S2/c1-7-5-10-9(12)11(7)6-8-3-2-4-13-8/h5,8H,2-4,6H2,1H3,(H,10,12). The number of rotatable bonds is 2. The molecule has 0 aliphatic carbocycles. The molecule has 1 aromatic heterocycles. The SMILES string of the molecule is Cc1c[nH]c(=S)n1CC1CCCS1. The van der Waals surface area contributed by atoms with Crippen LogP contribution in [0.1, 0.15) is 18.5 Å². The van der Waals surface area contributed by atoms with Gasteiger partial charge >= 0.3 is 0 Å². The zero-order valence-electron chi connectivity index (χ0n) is 7.75. The average molecular weight is 214 g/mol. The third-order valence-corrected chi connectivity index (χ3v) is 4.20. The molecule has 72 valence electrons. The van der Waals surface area contributed by atoms with Crippen molar-refractivity contribution < 1.29 is 0 Å². The molecule has 2 rings (SSSR count). The first kappa shape index (κ1) is 9.34. The van der Waals surface area contributed by atoms with Crippen LogP contribution in [-0.2, 0) is 6.54 Å². The quantitative estimate of drug-likeness (QED) is 0.764. The number of nitrogens with zero attached hydrogens (tertiary/aromatic N) is 1. The van der Waals surface area contributed by atoms with Crippen molar-refractivity contribution in [3.05, 3.63) is 16.7 Å². The minimum Gasteiger partial charge on any atom is -0.337 e. The molecular formula is C9H14N2S2. The Morgan fingerprint density at radius 1 is 1.77 bits per heavy atom. The molecule has 4 heteroatoms. The number of nitrogens with one attached hydrogen (secondary N) is 1. The number of aryl methyl sites for hydroxylation is 1. The Balaban J connectivity index is 2.12. The summed E-state index contributed by atoms with van der Waals surface area (Å²) in [4.78, 5) is 3.08. The maximum Gasteiger partial charge on any atom is 0.177 e. The minimum absolute atomic E-state index is 0.779. The minimum atomic E-state index is 0.779. The summed E-state index contributed by atoms with van der Waals surface area (Å²) in [5, 5.41) is 0.779. The number of aromatic nitrogens is 2. The molecule has 1 N–H and O–H groups in total. The number of hydrogen-bond donors (Lipinski definition) is 1. The van der Waals surface area contributed by atoms with Gasteiger partial charge < -0.3 is 9.55 Å². The van der Waals surface area contributed by atoms with Crippen molar-refractivity contribution in [2.24, 2.45) is 0 Å². The lowest BCUT2D eigenvalue weighted by Gasteiger charge is -2.10. The molecule has 1 fully saturated rings. The molecule has 0 bridgehead atoms. The molecule has 13 heavy (non-hydrogen) atoms. The van der Waals surface area contributed by atoms with Crippen LogP contribution in [0, 0.1) is 11.7 Å². The summed E-state index contributed by atoms with van der Waals surface area (Å²) < 4.78 is 3.07. The van der Waals surface area contributed by atoms with E-state index in [4.69, 9.17) is 12.2 Å². The van der Waals surface area contributed by atoms with Gasteiger partial charge in [-0.25, -0.2) is 0 Å². The number of imidazole rings is 1. The number of H-pyrrole nitrogens is 1. The van der Waals surface area contributed by atoms with Crippen LogP contribution in [0.25, 0.3) is 0 Å². The average Bonchev–Trinajstić information content (AvgIpc) is 2.70. The molecule has 1 aliphatic rings. The lowest BCUT2D eigenvalue weighted by atomic mass is 10.2. The second-order valence-electron chi connectivity index (χ2n) is 3.48. The van der Waals surface area contributed by atoms with Gasteiger partial charge in [0.2, 0.25) is 0 Å². The van der Waals surface area contributed by atoms with Crippen molar-refractivity contribution in [2.75, 3.05) is 5.75 Å². The predicted octanol–water partition coefficient (Wildman–Crippen LogP) is 2.75. The van der Waals surface area contributed by atoms with Crippen LogP contribution >= 0.6 is 24.0 Å². The van der Waals surface area contributed by atoms with Gasteiger partial charge in [-0.15, -0.1) is 0 Å². The molecule has 1 aliphatic heterocycles. The summed E-state index contributed by atoms with van der Waals surface area (Å²) in [6.45, 7) is 3.19. The van der Waals surface area contributed by atoms with E-state index in [1.807, 2.05) is 6.20 Å². The summed E-state index contributed by atoms with van der Waals surface area (Å²) >= 11 is 7.28. The highest BCUT2D eigenvalue weighted by molar-refractivity contribution is 8.00. The van der Waals surface area contributed by atoms with Crippen LogP contribution in [0.2, 0.25) is 0 Å². The van der Waals surface area contributed by atoms with E-state index in [2.05, 4.69) is 28.2 Å². The summed E-state index contributed by atoms with van der Waals surface area (Å²) in [5.41, 5.74) is 1.25. The first-order valence-corrected chi connectivity index (χ1v) is 6.09. The molecule has 0 radical (unpaired) electrons. The lowest BCUT2D eigenvalue weighted by molar-refractivity contribution is 0.620. The maximum absolute atomic E-state index is 5.21. The summed E-state index contributed by atoms with van der Waals surface area (Å²) in [6, 6.07) is 0. The van der Waals surface area contributed by atoms with Gasteiger partial charge in [-0.1, -0.05) is 0 Å². The molecule has 0 amide bonds. The Labute approximate surface area is 87.7 Å². The highest BCUT2D eigenvalue weighted by atomic mass is 32.2. The molecule has 1 saturated heterocycles. The molecule has 1 atom stereocenters. The van der Waals surface area contributed by atoms with Gasteiger partial charge in [0.05, 0.1) is 0 Å². The topological polar surface area (TPSA) is 20.7 Å². The Bertz CT molecular complexity index is 334. The Kier molecular flexibility index (Phi) is 2.79. The van der Waals surface area contributed by atoms with E-state index in [1.54, 1.807) is 0 Å². The van der Waals surface area contributed by atoms with Crippen LogP contribution < -0.4 is 0 Å². The van der Waals surface area contributed by atoms with E-state index in [9.17, 15) is 0 Å². The zero-order valence-corrected chi connectivity index (χ0v) is 9.38. The van der Waals surface area contributed by atoms with Gasteiger partial charge in [-0.2, -0.15) is 11.8 Å². The van der Waals surface area contributed by atoms with E-state index >= 15 is 0 Å². The first-order valence-electron chi connectivity index (χ1n) is 4.64.